The lowest BCUT2D eigenvalue weighted by Crippen LogP contribution is -2.48. The number of hydrogen-bond donors (Lipinski definition) is 2. The van der Waals surface area contributed by atoms with Crippen molar-refractivity contribution in [2.45, 2.75) is 31.8 Å². The van der Waals surface area contributed by atoms with Crippen LogP contribution in [0.1, 0.15) is 47.3 Å². The summed E-state index contributed by atoms with van der Waals surface area (Å²) >= 11 is 0. The minimum absolute atomic E-state index is 0.0136. The number of nitrogens with zero attached hydrogens (tertiary/aromatic N) is 1. The second-order valence-electron chi connectivity index (χ2n) is 7.63. The van der Waals surface area contributed by atoms with Gasteiger partial charge in [-0.25, -0.2) is 4.79 Å². The highest BCUT2D eigenvalue weighted by atomic mass is 16.4. The quantitative estimate of drug-likeness (QED) is 0.641. The van der Waals surface area contributed by atoms with Crippen LogP contribution in [-0.4, -0.2) is 23.0 Å². The van der Waals surface area contributed by atoms with E-state index in [9.17, 15) is 14.7 Å². The van der Waals surface area contributed by atoms with E-state index < -0.39 is 5.97 Å². The molecule has 1 aliphatic rings. The van der Waals surface area contributed by atoms with Gasteiger partial charge in [0.15, 0.2) is 0 Å². The summed E-state index contributed by atoms with van der Waals surface area (Å²) in [6, 6.07) is 24.7. The van der Waals surface area contributed by atoms with Crippen LogP contribution in [0.25, 0.3) is 0 Å². The lowest BCUT2D eigenvalue weighted by molar-refractivity contribution is -0.117. The van der Waals surface area contributed by atoms with Crippen molar-refractivity contribution < 1.29 is 14.7 Å². The molecule has 1 unspecified atom stereocenters. The maximum atomic E-state index is 12.6. The number of carboxylic acids is 1. The third kappa shape index (κ3) is 3.54. The minimum atomic E-state index is -0.951. The Bertz CT molecular complexity index is 1060. The molecule has 1 amide bonds. The molecule has 0 bridgehead atoms. The maximum absolute atomic E-state index is 12.6. The number of rotatable bonds is 4. The fourth-order valence-corrected chi connectivity index (χ4v) is 4.48. The Labute approximate surface area is 176 Å². The summed E-state index contributed by atoms with van der Waals surface area (Å²) in [5.41, 5.74) is 4.18. The molecular weight excluding hydrogens is 376 g/mol. The Balaban J connectivity index is 1.85. The molecule has 30 heavy (non-hydrogen) atoms. The van der Waals surface area contributed by atoms with Gasteiger partial charge in [-0.1, -0.05) is 48.5 Å². The van der Waals surface area contributed by atoms with Gasteiger partial charge in [-0.15, -0.1) is 0 Å². The van der Waals surface area contributed by atoms with Crippen LogP contribution in [0.15, 0.2) is 78.9 Å². The van der Waals surface area contributed by atoms with Crippen LogP contribution in [0, 0.1) is 0 Å². The molecule has 0 radical (unpaired) electrons. The predicted molar refractivity (Wildman–Crippen MR) is 118 cm³/mol. The van der Waals surface area contributed by atoms with Crippen LogP contribution in [0.4, 0.5) is 11.4 Å². The van der Waals surface area contributed by atoms with E-state index in [1.807, 2.05) is 72.5 Å². The highest BCUT2D eigenvalue weighted by Crippen LogP contribution is 2.47. The molecule has 1 heterocycles. The number of para-hydroxylation sites is 2. The SMILES string of the molecule is CC(=O)N1c2ccccc2[C@H](Nc2ccccc2)C(c2ccc(C(=O)O)cc2)[C@@H]1C. The first-order chi connectivity index (χ1) is 14.5. The first kappa shape index (κ1) is 19.7. The van der Waals surface area contributed by atoms with E-state index in [1.54, 1.807) is 19.1 Å². The van der Waals surface area contributed by atoms with Crippen LogP contribution < -0.4 is 10.2 Å². The first-order valence-corrected chi connectivity index (χ1v) is 10.0. The highest BCUT2D eigenvalue weighted by Gasteiger charge is 2.41. The zero-order valence-corrected chi connectivity index (χ0v) is 16.9. The molecule has 0 spiro atoms. The van der Waals surface area contributed by atoms with E-state index in [0.717, 1.165) is 22.5 Å². The Morgan fingerprint density at radius 3 is 2.17 bits per heavy atom. The largest absolute Gasteiger partial charge is 0.478 e. The monoisotopic (exact) mass is 400 g/mol. The maximum Gasteiger partial charge on any atom is 0.335 e. The molecule has 0 aliphatic carbocycles. The van der Waals surface area contributed by atoms with Crippen LogP contribution in [0.3, 0.4) is 0 Å². The van der Waals surface area contributed by atoms with Gasteiger partial charge < -0.3 is 15.3 Å². The fourth-order valence-electron chi connectivity index (χ4n) is 4.48. The first-order valence-electron chi connectivity index (χ1n) is 10.0. The molecule has 1 aliphatic heterocycles. The number of benzene rings is 3. The minimum Gasteiger partial charge on any atom is -0.478 e. The predicted octanol–water partition coefficient (Wildman–Crippen LogP) is 5.08. The fraction of sp³-hybridized carbons (Fsp3) is 0.200. The summed E-state index contributed by atoms with van der Waals surface area (Å²) in [5.74, 6) is -1.03. The molecule has 4 rings (SSSR count). The van der Waals surface area contributed by atoms with E-state index in [-0.39, 0.29) is 29.5 Å². The van der Waals surface area contributed by atoms with Gasteiger partial charge in [0.2, 0.25) is 5.91 Å². The molecule has 2 N–H and O–H groups in total. The zero-order chi connectivity index (χ0) is 21.3. The van der Waals surface area contributed by atoms with Crippen LogP contribution >= 0.6 is 0 Å². The third-order valence-electron chi connectivity index (χ3n) is 5.80. The van der Waals surface area contributed by atoms with Gasteiger partial charge in [0.05, 0.1) is 11.6 Å². The number of fused-ring (bicyclic) bond motifs is 1. The van der Waals surface area contributed by atoms with E-state index in [1.165, 1.54) is 0 Å². The van der Waals surface area contributed by atoms with Gasteiger partial charge in [0, 0.05) is 30.3 Å². The third-order valence-corrected chi connectivity index (χ3v) is 5.80. The summed E-state index contributed by atoms with van der Waals surface area (Å²) in [5, 5.41) is 12.9. The highest BCUT2D eigenvalue weighted by molar-refractivity contribution is 5.94. The summed E-state index contributed by atoms with van der Waals surface area (Å²) in [6.07, 6.45) is 0. The molecule has 0 saturated carbocycles. The van der Waals surface area contributed by atoms with Crippen molar-refractivity contribution >= 4 is 23.3 Å². The Morgan fingerprint density at radius 1 is 0.900 bits per heavy atom. The molecule has 0 saturated heterocycles. The second-order valence-corrected chi connectivity index (χ2v) is 7.63. The van der Waals surface area contributed by atoms with Gasteiger partial charge in [0.25, 0.3) is 0 Å². The average molecular weight is 400 g/mol. The number of carboxylic acid groups (broad SMARTS) is 1. The molecule has 0 aromatic heterocycles. The van der Waals surface area contributed by atoms with Gasteiger partial charge in [-0.2, -0.15) is 0 Å². The zero-order valence-electron chi connectivity index (χ0n) is 16.9. The van der Waals surface area contributed by atoms with E-state index in [2.05, 4.69) is 11.4 Å². The Hall–Kier alpha value is -3.60. The molecule has 5 nitrogen and oxygen atoms in total. The number of hydrogen-bond acceptors (Lipinski definition) is 3. The molecule has 5 heteroatoms. The molecule has 3 atom stereocenters. The molecule has 152 valence electrons. The summed E-state index contributed by atoms with van der Waals surface area (Å²) in [7, 11) is 0. The van der Waals surface area contributed by atoms with Crippen LogP contribution in [-0.2, 0) is 4.79 Å². The second kappa shape index (κ2) is 8.03. The normalized spacial score (nSPS) is 20.3. The smallest absolute Gasteiger partial charge is 0.335 e. The molecule has 0 fully saturated rings. The van der Waals surface area contributed by atoms with Crippen molar-refractivity contribution in [3.63, 3.8) is 0 Å². The Kier molecular flexibility index (Phi) is 5.27. The van der Waals surface area contributed by atoms with Gasteiger partial charge >= 0.3 is 5.97 Å². The number of amides is 1. The number of aromatic carboxylic acids is 1. The lowest BCUT2D eigenvalue weighted by atomic mass is 9.77. The molecular formula is C25H24N2O3. The Morgan fingerprint density at radius 2 is 1.53 bits per heavy atom. The van der Waals surface area contributed by atoms with Crippen molar-refractivity contribution in [3.8, 4) is 0 Å². The summed E-state index contributed by atoms with van der Waals surface area (Å²) in [6.45, 7) is 3.63. The van der Waals surface area contributed by atoms with Crippen molar-refractivity contribution in [3.05, 3.63) is 95.6 Å². The van der Waals surface area contributed by atoms with Crippen molar-refractivity contribution in [1.29, 1.82) is 0 Å². The van der Waals surface area contributed by atoms with E-state index in [0.29, 0.717) is 0 Å². The standard InChI is InChI=1S/C25H24N2O3/c1-16-23(18-12-14-19(15-13-18)25(29)30)24(26-20-8-4-3-5-9-20)21-10-6-7-11-22(21)27(16)17(2)28/h3-16,23-24,26H,1-2H3,(H,29,30)/t16-,23?,24-/m0/s1. The number of anilines is 2. The average Bonchev–Trinajstić information content (AvgIpc) is 2.74. The number of nitrogens with one attached hydrogen (secondary N) is 1. The van der Waals surface area contributed by atoms with Crippen molar-refractivity contribution in [2.75, 3.05) is 10.2 Å². The number of carbonyl (C=O) groups is 2. The van der Waals surface area contributed by atoms with Crippen molar-refractivity contribution in [2.24, 2.45) is 0 Å². The van der Waals surface area contributed by atoms with Gasteiger partial charge in [-0.05, 0) is 48.4 Å². The lowest BCUT2D eigenvalue weighted by Gasteiger charge is -2.45. The van der Waals surface area contributed by atoms with Crippen LogP contribution in [0.2, 0.25) is 0 Å². The van der Waals surface area contributed by atoms with Crippen molar-refractivity contribution in [1.82, 2.24) is 0 Å². The van der Waals surface area contributed by atoms with Gasteiger partial charge in [0.1, 0.15) is 0 Å². The van der Waals surface area contributed by atoms with E-state index in [4.69, 9.17) is 0 Å². The topological polar surface area (TPSA) is 69.6 Å². The summed E-state index contributed by atoms with van der Waals surface area (Å²) < 4.78 is 0. The van der Waals surface area contributed by atoms with E-state index >= 15 is 0 Å². The molecule has 3 aromatic rings. The van der Waals surface area contributed by atoms with Gasteiger partial charge in [-0.3, -0.25) is 4.79 Å². The molecule has 3 aromatic carbocycles. The van der Waals surface area contributed by atoms with Crippen LogP contribution in [0.5, 0.6) is 0 Å². The number of carbonyl (C=O) groups excluding carboxylic acids is 1. The summed E-state index contributed by atoms with van der Waals surface area (Å²) in [4.78, 5) is 25.7.